The highest BCUT2D eigenvalue weighted by atomic mass is 32.2. The third kappa shape index (κ3) is 9.30. The lowest BCUT2D eigenvalue weighted by Crippen LogP contribution is -2.21. The highest BCUT2D eigenvalue weighted by molar-refractivity contribution is 7.86. The molecule has 0 radical (unpaired) electrons. The third-order valence-electron chi connectivity index (χ3n) is 3.40. The molecule has 0 aromatic heterocycles. The van der Waals surface area contributed by atoms with Gasteiger partial charge in [0.25, 0.3) is 0 Å². The van der Waals surface area contributed by atoms with Crippen LogP contribution in [0.3, 0.4) is 0 Å². The van der Waals surface area contributed by atoms with Gasteiger partial charge in [-0.25, -0.2) is 0 Å². The molecule has 1 N–H and O–H groups in total. The molecular formula is C14H26F3NO3S. The molecular weight excluding hydrogens is 319 g/mol. The van der Waals surface area contributed by atoms with Crippen molar-refractivity contribution >= 4 is 10.1 Å². The second kappa shape index (κ2) is 10.1. The summed E-state index contributed by atoms with van der Waals surface area (Å²) in [6, 6.07) is 0. The summed E-state index contributed by atoms with van der Waals surface area (Å²) in [5.74, 6) is 0. The third-order valence-corrected chi connectivity index (χ3v) is 3.98. The number of nitrogens with zero attached hydrogens (tertiary/aromatic N) is 1. The molecule has 4 nitrogen and oxygen atoms in total. The van der Waals surface area contributed by atoms with Crippen molar-refractivity contribution in [2.24, 2.45) is 0 Å². The van der Waals surface area contributed by atoms with Gasteiger partial charge in [0.2, 0.25) is 0 Å². The van der Waals surface area contributed by atoms with E-state index in [4.69, 9.17) is 13.0 Å². The van der Waals surface area contributed by atoms with Crippen molar-refractivity contribution in [1.82, 2.24) is 4.90 Å². The lowest BCUT2D eigenvalue weighted by atomic mass is 10.1. The van der Waals surface area contributed by atoms with E-state index in [0.29, 0.717) is 0 Å². The minimum Gasteiger partial charge on any atom is -0.378 e. The molecule has 0 aliphatic carbocycles. The Bertz CT molecular complexity index is 433. The maximum Gasteiger partial charge on any atom is 0.522 e. The van der Waals surface area contributed by atoms with Crippen molar-refractivity contribution in [3.05, 3.63) is 11.8 Å². The van der Waals surface area contributed by atoms with Gasteiger partial charge in [-0.1, -0.05) is 38.7 Å². The number of unbranched alkanes of at least 4 members (excludes halogenated alkanes) is 5. The minimum atomic E-state index is -5.84. The SMILES string of the molecule is CCCCCCCC=C1CCCN1C.O=S(=O)(O)C(F)(F)F. The Morgan fingerprint density at radius 1 is 1.23 bits per heavy atom. The summed E-state index contributed by atoms with van der Waals surface area (Å²) in [6.45, 7) is 3.54. The minimum absolute atomic E-state index is 1.27. The molecule has 0 aromatic carbocycles. The number of allylic oxidation sites excluding steroid dienone is 2. The summed E-state index contributed by atoms with van der Waals surface area (Å²) in [4.78, 5) is 2.41. The number of halogens is 3. The largest absolute Gasteiger partial charge is 0.522 e. The molecule has 0 amide bonds. The number of rotatable bonds is 6. The van der Waals surface area contributed by atoms with E-state index >= 15 is 0 Å². The Labute approximate surface area is 131 Å². The van der Waals surface area contributed by atoms with Gasteiger partial charge in [-0.2, -0.15) is 21.6 Å². The zero-order valence-electron chi connectivity index (χ0n) is 13.2. The highest BCUT2D eigenvalue weighted by Crippen LogP contribution is 2.21. The molecule has 0 atom stereocenters. The monoisotopic (exact) mass is 345 g/mol. The standard InChI is InChI=1S/C13H25N.CHF3O3S/c1-3-4-5-6-7-8-10-13-11-9-12-14(13)2;2-1(3,4)8(5,6)7/h10H,3-9,11-12H2,1-2H3;(H,5,6,7). The van der Waals surface area contributed by atoms with Gasteiger partial charge >= 0.3 is 15.6 Å². The molecule has 0 aromatic rings. The summed E-state index contributed by atoms with van der Waals surface area (Å²) in [5, 5.41) is 0. The van der Waals surface area contributed by atoms with Gasteiger partial charge in [0.1, 0.15) is 0 Å². The van der Waals surface area contributed by atoms with Crippen molar-refractivity contribution in [2.45, 2.75) is 63.8 Å². The second-order valence-corrected chi connectivity index (χ2v) is 6.76. The van der Waals surface area contributed by atoms with Gasteiger partial charge in [0, 0.05) is 19.3 Å². The average Bonchev–Trinajstić information content (AvgIpc) is 2.78. The number of hydrogen-bond donors (Lipinski definition) is 1. The highest BCUT2D eigenvalue weighted by Gasteiger charge is 2.44. The fraction of sp³-hybridized carbons (Fsp3) is 0.857. The van der Waals surface area contributed by atoms with Crippen LogP contribution in [0.25, 0.3) is 0 Å². The van der Waals surface area contributed by atoms with Crippen LogP contribution >= 0.6 is 0 Å². The molecule has 8 heteroatoms. The Balaban J connectivity index is 0.000000472. The van der Waals surface area contributed by atoms with E-state index in [1.165, 1.54) is 57.9 Å². The lowest BCUT2D eigenvalue weighted by Gasteiger charge is -2.12. The van der Waals surface area contributed by atoms with Crippen LogP contribution in [0.2, 0.25) is 0 Å². The fourth-order valence-electron chi connectivity index (χ4n) is 2.11. The van der Waals surface area contributed by atoms with Gasteiger partial charge in [0.05, 0.1) is 0 Å². The smallest absolute Gasteiger partial charge is 0.378 e. The zero-order valence-corrected chi connectivity index (χ0v) is 14.0. The molecule has 1 aliphatic rings. The molecule has 0 saturated carbocycles. The number of likely N-dealkylation sites (tertiary alicyclic amines) is 1. The maximum atomic E-state index is 10.7. The van der Waals surface area contributed by atoms with Crippen LogP contribution in [0.4, 0.5) is 13.2 Å². The van der Waals surface area contributed by atoms with Crippen molar-refractivity contribution in [3.8, 4) is 0 Å². The van der Waals surface area contributed by atoms with Gasteiger partial charge < -0.3 is 4.90 Å². The first-order chi connectivity index (χ1) is 10.1. The molecule has 132 valence electrons. The molecule has 1 aliphatic heterocycles. The first-order valence-corrected chi connectivity index (χ1v) is 8.97. The molecule has 0 bridgehead atoms. The van der Waals surface area contributed by atoms with E-state index in [2.05, 4.69) is 24.9 Å². The molecule has 1 fully saturated rings. The Kier molecular flexibility index (Phi) is 9.75. The topological polar surface area (TPSA) is 57.6 Å². The molecule has 1 saturated heterocycles. The molecule has 0 spiro atoms. The van der Waals surface area contributed by atoms with Crippen LogP contribution in [0.15, 0.2) is 11.8 Å². The van der Waals surface area contributed by atoms with E-state index in [-0.39, 0.29) is 0 Å². The van der Waals surface area contributed by atoms with Crippen molar-refractivity contribution in [1.29, 1.82) is 0 Å². The van der Waals surface area contributed by atoms with E-state index in [1.807, 2.05) is 0 Å². The van der Waals surface area contributed by atoms with E-state index in [1.54, 1.807) is 5.70 Å². The predicted molar refractivity (Wildman–Crippen MR) is 80.9 cm³/mol. The normalized spacial score (nSPS) is 17.5. The van der Waals surface area contributed by atoms with E-state index in [9.17, 15) is 13.2 Å². The summed E-state index contributed by atoms with van der Waals surface area (Å²) in [6.07, 6.45) is 13.4. The average molecular weight is 345 g/mol. The summed E-state index contributed by atoms with van der Waals surface area (Å²) in [5.41, 5.74) is -3.95. The predicted octanol–water partition coefficient (Wildman–Crippen LogP) is 4.35. The number of hydrogen-bond acceptors (Lipinski definition) is 3. The van der Waals surface area contributed by atoms with E-state index in [0.717, 1.165) is 0 Å². The Hall–Kier alpha value is -0.760. The van der Waals surface area contributed by atoms with Crippen LogP contribution in [0.1, 0.15) is 58.3 Å². The molecule has 0 unspecified atom stereocenters. The van der Waals surface area contributed by atoms with Crippen molar-refractivity contribution < 1.29 is 26.1 Å². The van der Waals surface area contributed by atoms with Crippen LogP contribution in [0, 0.1) is 0 Å². The van der Waals surface area contributed by atoms with Crippen molar-refractivity contribution in [3.63, 3.8) is 0 Å². The Morgan fingerprint density at radius 2 is 1.77 bits per heavy atom. The van der Waals surface area contributed by atoms with Crippen LogP contribution in [-0.2, 0) is 10.1 Å². The van der Waals surface area contributed by atoms with Gasteiger partial charge in [-0.3, -0.25) is 4.55 Å². The Morgan fingerprint density at radius 3 is 2.18 bits per heavy atom. The van der Waals surface area contributed by atoms with Crippen LogP contribution in [0.5, 0.6) is 0 Å². The number of alkyl halides is 3. The second-order valence-electron chi connectivity index (χ2n) is 5.34. The zero-order chi connectivity index (χ0) is 17.2. The summed E-state index contributed by atoms with van der Waals surface area (Å²) >= 11 is 0. The fourth-order valence-corrected chi connectivity index (χ4v) is 2.11. The lowest BCUT2D eigenvalue weighted by molar-refractivity contribution is -0.0510. The maximum absolute atomic E-state index is 10.7. The van der Waals surface area contributed by atoms with Gasteiger partial charge in [-0.15, -0.1) is 0 Å². The summed E-state index contributed by atoms with van der Waals surface area (Å²) in [7, 11) is -3.62. The first-order valence-electron chi connectivity index (χ1n) is 7.53. The van der Waals surface area contributed by atoms with Crippen LogP contribution in [-0.4, -0.2) is 37.0 Å². The van der Waals surface area contributed by atoms with Crippen molar-refractivity contribution in [2.75, 3.05) is 13.6 Å². The van der Waals surface area contributed by atoms with E-state index < -0.39 is 15.6 Å². The van der Waals surface area contributed by atoms with Crippen LogP contribution < -0.4 is 0 Å². The molecule has 1 heterocycles. The molecule has 1 rings (SSSR count). The quantitative estimate of drug-likeness (QED) is 0.442. The van der Waals surface area contributed by atoms with Gasteiger partial charge in [0.15, 0.2) is 0 Å². The first kappa shape index (κ1) is 21.2. The molecule has 22 heavy (non-hydrogen) atoms. The van der Waals surface area contributed by atoms with Gasteiger partial charge in [-0.05, 0) is 25.7 Å². The summed E-state index contributed by atoms with van der Waals surface area (Å²) < 4.78 is 57.5.